The van der Waals surface area contributed by atoms with Crippen LogP contribution < -0.4 is 5.32 Å². The van der Waals surface area contributed by atoms with Crippen LogP contribution in [0.1, 0.15) is 37.8 Å². The summed E-state index contributed by atoms with van der Waals surface area (Å²) in [6.07, 6.45) is 3.17. The van der Waals surface area contributed by atoms with E-state index in [9.17, 15) is 4.79 Å². The lowest BCUT2D eigenvalue weighted by Gasteiger charge is -2.22. The van der Waals surface area contributed by atoms with Crippen LogP contribution in [-0.4, -0.2) is 52.8 Å². The van der Waals surface area contributed by atoms with Gasteiger partial charge in [0.15, 0.2) is 5.60 Å². The zero-order chi connectivity index (χ0) is 20.3. The van der Waals surface area contributed by atoms with Crippen LogP contribution in [0.5, 0.6) is 0 Å². The molecule has 0 radical (unpaired) electrons. The molecule has 0 aliphatic carbocycles. The molecule has 0 fully saturated rings. The molecule has 2 heterocycles. The largest absolute Gasteiger partial charge is 0.387 e. The zero-order valence-corrected chi connectivity index (χ0v) is 17.9. The number of hydrogen-bond acceptors (Lipinski definition) is 5. The molecule has 0 saturated carbocycles. The number of halogens is 1. The van der Waals surface area contributed by atoms with Crippen LogP contribution in [-0.2, 0) is 9.63 Å². The highest BCUT2D eigenvalue weighted by Crippen LogP contribution is 2.35. The van der Waals surface area contributed by atoms with Crippen molar-refractivity contribution < 1.29 is 9.63 Å². The fourth-order valence-corrected chi connectivity index (χ4v) is 4.18. The van der Waals surface area contributed by atoms with Crippen molar-refractivity contribution in [3.05, 3.63) is 46.4 Å². The zero-order valence-electron chi connectivity index (χ0n) is 16.3. The summed E-state index contributed by atoms with van der Waals surface area (Å²) in [6.45, 7) is 5.10. The maximum Gasteiger partial charge on any atom is 0.257 e. The van der Waals surface area contributed by atoms with Gasteiger partial charge in [0.25, 0.3) is 5.91 Å². The SMILES string of the molecule is CCN(C)C(=N)c1ccc(C2=NOC(C)(CNC(=O)C3=CCC(Cl)S3)C2)cc1. The van der Waals surface area contributed by atoms with Crippen molar-refractivity contribution in [2.75, 3.05) is 20.1 Å². The number of amides is 1. The summed E-state index contributed by atoms with van der Waals surface area (Å²) in [5.41, 5.74) is 2.09. The van der Waals surface area contributed by atoms with Gasteiger partial charge in [-0.05, 0) is 25.8 Å². The second kappa shape index (κ2) is 8.57. The monoisotopic (exact) mass is 420 g/mol. The molecule has 6 nitrogen and oxygen atoms in total. The van der Waals surface area contributed by atoms with Crippen molar-refractivity contribution in [2.45, 2.75) is 37.0 Å². The fraction of sp³-hybridized carbons (Fsp3) is 0.450. The Balaban J connectivity index is 1.56. The summed E-state index contributed by atoms with van der Waals surface area (Å²) in [5.74, 6) is 0.374. The Morgan fingerprint density at radius 3 is 2.79 bits per heavy atom. The Bertz CT molecular complexity index is 824. The molecule has 150 valence electrons. The maximum atomic E-state index is 12.2. The minimum absolute atomic E-state index is 0.0597. The standard InChI is InChI=1S/C20H25ClN4O2S/c1-4-25(3)18(22)14-7-5-13(6-8-14)15-11-20(2,27-24-15)12-23-19(26)16-9-10-17(21)28-16/h5-9,17,22H,4,10-12H2,1-3H3,(H,23,26). The molecule has 1 aromatic rings. The summed E-state index contributed by atoms with van der Waals surface area (Å²) < 4.78 is -0.0597. The minimum Gasteiger partial charge on any atom is -0.387 e. The Morgan fingerprint density at radius 1 is 1.46 bits per heavy atom. The van der Waals surface area contributed by atoms with E-state index in [4.69, 9.17) is 21.8 Å². The lowest BCUT2D eigenvalue weighted by molar-refractivity contribution is -0.118. The van der Waals surface area contributed by atoms with E-state index >= 15 is 0 Å². The quantitative estimate of drug-likeness (QED) is 0.419. The van der Waals surface area contributed by atoms with Crippen molar-refractivity contribution >= 4 is 40.8 Å². The Morgan fingerprint density at radius 2 is 2.18 bits per heavy atom. The lowest BCUT2D eigenvalue weighted by Crippen LogP contribution is -2.41. The number of oxime groups is 1. The number of thioether (sulfide) groups is 1. The highest BCUT2D eigenvalue weighted by Gasteiger charge is 2.35. The molecule has 0 aromatic heterocycles. The number of nitrogens with one attached hydrogen (secondary N) is 2. The molecule has 0 saturated heterocycles. The molecule has 8 heteroatoms. The van der Waals surface area contributed by atoms with Crippen LogP contribution >= 0.6 is 23.4 Å². The second-order valence-electron chi connectivity index (χ2n) is 7.21. The second-order valence-corrected chi connectivity index (χ2v) is 9.24. The van der Waals surface area contributed by atoms with Crippen LogP contribution in [0, 0.1) is 5.41 Å². The molecule has 1 aromatic carbocycles. The third-order valence-electron chi connectivity index (χ3n) is 4.86. The van der Waals surface area contributed by atoms with Crippen LogP contribution in [0.25, 0.3) is 0 Å². The van der Waals surface area contributed by atoms with Gasteiger partial charge in [0.2, 0.25) is 0 Å². The number of rotatable bonds is 6. The predicted octanol–water partition coefficient (Wildman–Crippen LogP) is 3.55. The summed E-state index contributed by atoms with van der Waals surface area (Å²) in [5, 5.41) is 15.3. The third-order valence-corrected chi connectivity index (χ3v) is 6.35. The molecular weight excluding hydrogens is 396 g/mol. The summed E-state index contributed by atoms with van der Waals surface area (Å²) in [4.78, 5) is 20.4. The van der Waals surface area contributed by atoms with Crippen molar-refractivity contribution in [1.29, 1.82) is 5.41 Å². The Kier molecular flexibility index (Phi) is 6.35. The van der Waals surface area contributed by atoms with E-state index in [-0.39, 0.29) is 10.6 Å². The van der Waals surface area contributed by atoms with Crippen molar-refractivity contribution in [2.24, 2.45) is 5.16 Å². The average Bonchev–Trinajstić information content (AvgIpc) is 3.31. The van der Waals surface area contributed by atoms with Gasteiger partial charge in [0.05, 0.1) is 21.9 Å². The van der Waals surface area contributed by atoms with E-state index in [0.717, 1.165) is 23.4 Å². The van der Waals surface area contributed by atoms with Gasteiger partial charge < -0.3 is 15.1 Å². The number of carbonyl (C=O) groups is 1. The molecule has 2 unspecified atom stereocenters. The Labute approximate surface area is 174 Å². The van der Waals surface area contributed by atoms with Gasteiger partial charge in [0, 0.05) is 25.6 Å². The molecule has 2 aliphatic heterocycles. The summed E-state index contributed by atoms with van der Waals surface area (Å²) >= 11 is 7.40. The summed E-state index contributed by atoms with van der Waals surface area (Å²) in [6, 6.07) is 7.77. The molecule has 1 amide bonds. The first-order valence-corrected chi connectivity index (χ1v) is 10.6. The van der Waals surface area contributed by atoms with Gasteiger partial charge in [-0.1, -0.05) is 35.5 Å². The number of hydrogen-bond donors (Lipinski definition) is 2. The molecule has 2 atom stereocenters. The topological polar surface area (TPSA) is 77.8 Å². The average molecular weight is 421 g/mol. The van der Waals surface area contributed by atoms with Gasteiger partial charge >= 0.3 is 0 Å². The molecule has 0 spiro atoms. The van der Waals surface area contributed by atoms with Gasteiger partial charge in [0.1, 0.15) is 5.84 Å². The van der Waals surface area contributed by atoms with E-state index in [1.165, 1.54) is 11.8 Å². The van der Waals surface area contributed by atoms with E-state index in [1.54, 1.807) is 0 Å². The maximum absolute atomic E-state index is 12.2. The highest BCUT2D eigenvalue weighted by molar-refractivity contribution is 8.05. The first-order chi connectivity index (χ1) is 13.3. The smallest absolute Gasteiger partial charge is 0.257 e. The number of allylic oxidation sites excluding steroid dienone is 1. The van der Waals surface area contributed by atoms with Crippen molar-refractivity contribution in [3.8, 4) is 0 Å². The van der Waals surface area contributed by atoms with Gasteiger partial charge in [-0.3, -0.25) is 10.2 Å². The number of amidine groups is 1. The number of alkyl halides is 1. The molecule has 2 aliphatic rings. The van der Waals surface area contributed by atoms with Gasteiger partial charge in [-0.2, -0.15) is 0 Å². The van der Waals surface area contributed by atoms with Gasteiger partial charge in [-0.15, -0.1) is 23.4 Å². The van der Waals surface area contributed by atoms with Crippen molar-refractivity contribution in [3.63, 3.8) is 0 Å². The predicted molar refractivity (Wildman–Crippen MR) is 115 cm³/mol. The molecule has 2 N–H and O–H groups in total. The normalized spacial score (nSPS) is 23.6. The molecular formula is C20H25ClN4O2S. The molecule has 28 heavy (non-hydrogen) atoms. The molecule has 3 rings (SSSR count). The fourth-order valence-electron chi connectivity index (χ4n) is 2.97. The van der Waals surface area contributed by atoms with E-state index in [0.29, 0.717) is 30.1 Å². The highest BCUT2D eigenvalue weighted by atomic mass is 35.5. The van der Waals surface area contributed by atoms with E-state index < -0.39 is 5.60 Å². The Hall–Kier alpha value is -1.99. The van der Waals surface area contributed by atoms with E-state index in [2.05, 4.69) is 10.5 Å². The molecule has 0 bridgehead atoms. The van der Waals surface area contributed by atoms with Gasteiger partial charge in [-0.25, -0.2) is 0 Å². The lowest BCUT2D eigenvalue weighted by atomic mass is 9.95. The van der Waals surface area contributed by atoms with Crippen LogP contribution in [0.15, 0.2) is 40.4 Å². The first kappa shape index (κ1) is 20.7. The first-order valence-electron chi connectivity index (χ1n) is 9.26. The van der Waals surface area contributed by atoms with Crippen LogP contribution in [0.3, 0.4) is 0 Å². The minimum atomic E-state index is -0.580. The van der Waals surface area contributed by atoms with Crippen LogP contribution in [0.4, 0.5) is 0 Å². The third kappa shape index (κ3) is 4.70. The number of benzene rings is 1. The van der Waals surface area contributed by atoms with Crippen molar-refractivity contribution in [1.82, 2.24) is 10.2 Å². The number of carbonyl (C=O) groups excluding carboxylic acids is 1. The van der Waals surface area contributed by atoms with E-state index in [1.807, 2.05) is 56.1 Å². The summed E-state index contributed by atoms with van der Waals surface area (Å²) in [7, 11) is 1.90. The van der Waals surface area contributed by atoms with Crippen LogP contribution in [0.2, 0.25) is 0 Å². The number of nitrogens with zero attached hydrogens (tertiary/aromatic N) is 2.